The van der Waals surface area contributed by atoms with E-state index in [1.807, 2.05) is 45.9 Å². The highest BCUT2D eigenvalue weighted by atomic mass is 16.5. The predicted molar refractivity (Wildman–Crippen MR) is 77.1 cm³/mol. The van der Waals surface area contributed by atoms with Crippen molar-refractivity contribution in [2.24, 2.45) is 5.73 Å². The van der Waals surface area contributed by atoms with Crippen molar-refractivity contribution in [3.05, 3.63) is 29.3 Å². The lowest BCUT2D eigenvalue weighted by molar-refractivity contribution is -0.128. The number of ether oxygens (including phenoxy) is 1. The number of rotatable bonds is 4. The summed E-state index contributed by atoms with van der Waals surface area (Å²) in [7, 11) is 0. The topological polar surface area (TPSA) is 64.3 Å². The molecule has 0 aliphatic carbocycles. The third kappa shape index (κ3) is 4.91. The first-order chi connectivity index (χ1) is 8.73. The molecule has 1 unspecified atom stereocenters. The van der Waals surface area contributed by atoms with Crippen LogP contribution in [0.25, 0.3) is 0 Å². The maximum Gasteiger partial charge on any atom is 0.261 e. The SMILES string of the molecule is Cc1ccc(CN)cc1OC(C)C(=O)NC(C)(C)C. The van der Waals surface area contributed by atoms with Crippen molar-refractivity contribution in [2.45, 2.75) is 52.8 Å². The monoisotopic (exact) mass is 264 g/mol. The second-order valence-electron chi connectivity index (χ2n) is 5.80. The van der Waals surface area contributed by atoms with E-state index in [1.165, 1.54) is 0 Å². The van der Waals surface area contributed by atoms with Gasteiger partial charge in [-0.15, -0.1) is 0 Å². The molecule has 0 bridgehead atoms. The molecule has 19 heavy (non-hydrogen) atoms. The van der Waals surface area contributed by atoms with Crippen LogP contribution in [0.2, 0.25) is 0 Å². The molecule has 0 radical (unpaired) electrons. The van der Waals surface area contributed by atoms with Gasteiger partial charge in [-0.2, -0.15) is 0 Å². The van der Waals surface area contributed by atoms with Crippen molar-refractivity contribution in [3.63, 3.8) is 0 Å². The third-order valence-corrected chi connectivity index (χ3v) is 2.66. The number of carbonyl (C=O) groups excluding carboxylic acids is 1. The molecule has 4 nitrogen and oxygen atoms in total. The number of amides is 1. The minimum atomic E-state index is -0.536. The average molecular weight is 264 g/mol. The van der Waals surface area contributed by atoms with Gasteiger partial charge in [0.2, 0.25) is 0 Å². The Bertz CT molecular complexity index is 450. The fraction of sp³-hybridized carbons (Fsp3) is 0.533. The van der Waals surface area contributed by atoms with Crippen molar-refractivity contribution in [3.8, 4) is 5.75 Å². The fourth-order valence-corrected chi connectivity index (χ4v) is 1.61. The standard InChI is InChI=1S/C15H24N2O2/c1-10-6-7-12(9-16)8-13(10)19-11(2)14(18)17-15(3,4)5/h6-8,11H,9,16H2,1-5H3,(H,17,18). The van der Waals surface area contributed by atoms with Crippen molar-refractivity contribution in [1.82, 2.24) is 5.32 Å². The zero-order valence-electron chi connectivity index (χ0n) is 12.4. The third-order valence-electron chi connectivity index (χ3n) is 2.66. The molecule has 0 saturated heterocycles. The smallest absolute Gasteiger partial charge is 0.261 e. The first-order valence-corrected chi connectivity index (χ1v) is 6.51. The van der Waals surface area contributed by atoms with Crippen LogP contribution in [0, 0.1) is 6.92 Å². The van der Waals surface area contributed by atoms with E-state index in [0.29, 0.717) is 12.3 Å². The highest BCUT2D eigenvalue weighted by molar-refractivity contribution is 5.81. The van der Waals surface area contributed by atoms with Crippen LogP contribution < -0.4 is 15.8 Å². The molecule has 0 heterocycles. The Kier molecular flexibility index (Phi) is 4.95. The van der Waals surface area contributed by atoms with Gasteiger partial charge >= 0.3 is 0 Å². The van der Waals surface area contributed by atoms with Crippen molar-refractivity contribution < 1.29 is 9.53 Å². The number of benzene rings is 1. The van der Waals surface area contributed by atoms with Gasteiger partial charge < -0.3 is 15.8 Å². The Labute approximate surface area is 115 Å². The second kappa shape index (κ2) is 6.06. The molecule has 0 fully saturated rings. The summed E-state index contributed by atoms with van der Waals surface area (Å²) in [5.41, 5.74) is 7.33. The molecule has 106 valence electrons. The summed E-state index contributed by atoms with van der Waals surface area (Å²) in [6, 6.07) is 5.80. The Hall–Kier alpha value is -1.55. The molecule has 0 aromatic heterocycles. The van der Waals surface area contributed by atoms with Crippen LogP contribution in [0.3, 0.4) is 0 Å². The Morgan fingerprint density at radius 1 is 1.42 bits per heavy atom. The molecule has 1 rings (SSSR count). The van der Waals surface area contributed by atoms with E-state index < -0.39 is 6.10 Å². The van der Waals surface area contributed by atoms with Crippen molar-refractivity contribution in [2.75, 3.05) is 0 Å². The van der Waals surface area contributed by atoms with E-state index in [0.717, 1.165) is 11.1 Å². The van der Waals surface area contributed by atoms with Gasteiger partial charge in [0.1, 0.15) is 5.75 Å². The average Bonchev–Trinajstić information content (AvgIpc) is 2.29. The quantitative estimate of drug-likeness (QED) is 0.875. The molecule has 3 N–H and O–H groups in total. The second-order valence-corrected chi connectivity index (χ2v) is 5.80. The molecule has 0 saturated carbocycles. The van der Waals surface area contributed by atoms with Gasteiger partial charge in [0, 0.05) is 12.1 Å². The zero-order chi connectivity index (χ0) is 14.6. The lowest BCUT2D eigenvalue weighted by Gasteiger charge is -2.24. The first kappa shape index (κ1) is 15.5. The number of hydrogen-bond acceptors (Lipinski definition) is 3. The van der Waals surface area contributed by atoms with Gasteiger partial charge in [-0.1, -0.05) is 12.1 Å². The lowest BCUT2D eigenvalue weighted by Crippen LogP contribution is -2.46. The normalized spacial score (nSPS) is 12.9. The summed E-state index contributed by atoms with van der Waals surface area (Å²) in [6.45, 7) is 9.98. The number of nitrogens with one attached hydrogen (secondary N) is 1. The van der Waals surface area contributed by atoms with E-state index in [9.17, 15) is 4.79 Å². The van der Waals surface area contributed by atoms with Crippen LogP contribution in [0.5, 0.6) is 5.75 Å². The molecular weight excluding hydrogens is 240 g/mol. The van der Waals surface area contributed by atoms with Crippen LogP contribution >= 0.6 is 0 Å². The highest BCUT2D eigenvalue weighted by Gasteiger charge is 2.21. The summed E-state index contributed by atoms with van der Waals surface area (Å²) in [5, 5.41) is 2.90. The fourth-order valence-electron chi connectivity index (χ4n) is 1.61. The van der Waals surface area contributed by atoms with E-state index in [-0.39, 0.29) is 11.4 Å². The molecule has 1 amide bonds. The van der Waals surface area contributed by atoms with Gasteiger partial charge in [0.05, 0.1) is 0 Å². The Balaban J connectivity index is 2.76. The van der Waals surface area contributed by atoms with Gasteiger partial charge in [-0.3, -0.25) is 4.79 Å². The van der Waals surface area contributed by atoms with Crippen LogP contribution in [0.4, 0.5) is 0 Å². The van der Waals surface area contributed by atoms with Crippen LogP contribution in [-0.2, 0) is 11.3 Å². The summed E-state index contributed by atoms with van der Waals surface area (Å²) < 4.78 is 5.73. The summed E-state index contributed by atoms with van der Waals surface area (Å²) in [6.07, 6.45) is -0.536. The number of hydrogen-bond donors (Lipinski definition) is 2. The highest BCUT2D eigenvalue weighted by Crippen LogP contribution is 2.21. The maximum atomic E-state index is 12.0. The summed E-state index contributed by atoms with van der Waals surface area (Å²) in [5.74, 6) is 0.588. The van der Waals surface area contributed by atoms with Crippen LogP contribution in [0.15, 0.2) is 18.2 Å². The first-order valence-electron chi connectivity index (χ1n) is 6.51. The Morgan fingerprint density at radius 3 is 2.58 bits per heavy atom. The minimum Gasteiger partial charge on any atom is -0.481 e. The molecule has 0 aliphatic rings. The maximum absolute atomic E-state index is 12.0. The van der Waals surface area contributed by atoms with Crippen molar-refractivity contribution in [1.29, 1.82) is 0 Å². The van der Waals surface area contributed by atoms with Crippen LogP contribution in [0.1, 0.15) is 38.8 Å². The molecular formula is C15H24N2O2. The number of aryl methyl sites for hydroxylation is 1. The van der Waals surface area contributed by atoms with E-state index >= 15 is 0 Å². The predicted octanol–water partition coefficient (Wildman–Crippen LogP) is 2.14. The molecule has 1 aromatic rings. The van der Waals surface area contributed by atoms with Gasteiger partial charge in [-0.05, 0) is 51.8 Å². The Morgan fingerprint density at radius 2 is 2.05 bits per heavy atom. The molecule has 0 aliphatic heterocycles. The van der Waals surface area contributed by atoms with Gasteiger partial charge in [-0.25, -0.2) is 0 Å². The number of nitrogens with two attached hydrogens (primary N) is 1. The van der Waals surface area contributed by atoms with Crippen molar-refractivity contribution >= 4 is 5.91 Å². The molecule has 1 atom stereocenters. The van der Waals surface area contributed by atoms with E-state index in [2.05, 4.69) is 5.32 Å². The number of carbonyl (C=O) groups is 1. The van der Waals surface area contributed by atoms with Crippen LogP contribution in [-0.4, -0.2) is 17.6 Å². The summed E-state index contributed by atoms with van der Waals surface area (Å²) >= 11 is 0. The van der Waals surface area contributed by atoms with E-state index in [1.54, 1.807) is 6.92 Å². The molecule has 4 heteroatoms. The molecule has 0 spiro atoms. The van der Waals surface area contributed by atoms with Gasteiger partial charge in [0.25, 0.3) is 5.91 Å². The summed E-state index contributed by atoms with van der Waals surface area (Å²) in [4.78, 5) is 12.0. The minimum absolute atomic E-state index is 0.120. The van der Waals surface area contributed by atoms with E-state index in [4.69, 9.17) is 10.5 Å². The van der Waals surface area contributed by atoms with Gasteiger partial charge in [0.15, 0.2) is 6.10 Å². The lowest BCUT2D eigenvalue weighted by atomic mass is 10.1. The molecule has 1 aromatic carbocycles. The zero-order valence-corrected chi connectivity index (χ0v) is 12.4. The largest absolute Gasteiger partial charge is 0.481 e.